The van der Waals surface area contributed by atoms with Crippen molar-refractivity contribution in [2.24, 2.45) is 0 Å². The van der Waals surface area contributed by atoms with Gasteiger partial charge in [0.1, 0.15) is 0 Å². The van der Waals surface area contributed by atoms with Crippen molar-refractivity contribution in [1.82, 2.24) is 9.97 Å². The number of benzene rings is 2. The molecule has 4 heteroatoms. The lowest BCUT2D eigenvalue weighted by molar-refractivity contribution is 0.617. The number of halogens is 2. The highest BCUT2D eigenvalue weighted by molar-refractivity contribution is 9.10. The molecule has 1 aromatic heterocycles. The molecule has 0 radical (unpaired) electrons. The number of hydrogen-bond acceptors (Lipinski definition) is 2. The van der Waals surface area contributed by atoms with Gasteiger partial charge in [0, 0.05) is 30.9 Å². The van der Waals surface area contributed by atoms with Crippen LogP contribution in [0.2, 0.25) is 0 Å². The van der Waals surface area contributed by atoms with Crippen LogP contribution in [-0.2, 0) is 10.8 Å². The number of rotatable bonds is 0. The fourth-order valence-corrected chi connectivity index (χ4v) is 5.14. The lowest BCUT2D eigenvalue weighted by Gasteiger charge is -2.22. The predicted molar refractivity (Wildman–Crippen MR) is 113 cm³/mol. The van der Waals surface area contributed by atoms with Gasteiger partial charge in [0.15, 0.2) is 0 Å². The smallest absolute Gasteiger partial charge is 0.0933 e. The van der Waals surface area contributed by atoms with E-state index in [1.165, 1.54) is 22.3 Å². The van der Waals surface area contributed by atoms with E-state index in [1.807, 2.05) is 0 Å². The summed E-state index contributed by atoms with van der Waals surface area (Å²) in [4.78, 5) is 10.4. The molecule has 0 fully saturated rings. The fourth-order valence-electron chi connectivity index (χ4n) is 4.42. The van der Waals surface area contributed by atoms with Gasteiger partial charge in [-0.15, -0.1) is 0 Å². The molecule has 2 aromatic carbocycles. The Morgan fingerprint density at radius 1 is 0.654 bits per heavy atom. The number of aromatic nitrogens is 2. The van der Waals surface area contributed by atoms with Crippen molar-refractivity contribution in [1.29, 1.82) is 0 Å². The van der Waals surface area contributed by atoms with Crippen LogP contribution in [0.4, 0.5) is 0 Å². The van der Waals surface area contributed by atoms with Gasteiger partial charge in [-0.2, -0.15) is 0 Å². The van der Waals surface area contributed by atoms with Crippen LogP contribution in [0.15, 0.2) is 45.3 Å². The van der Waals surface area contributed by atoms with Gasteiger partial charge < -0.3 is 0 Å². The van der Waals surface area contributed by atoms with Gasteiger partial charge in [-0.1, -0.05) is 71.7 Å². The maximum atomic E-state index is 5.20. The SMILES string of the molecule is CC1(C)c2cc(Br)ccc2-c2nc3c(nc21)-c1ccc(Br)cc1C3(C)C. The second kappa shape index (κ2) is 5.05. The molecule has 2 aliphatic carbocycles. The van der Waals surface area contributed by atoms with E-state index in [4.69, 9.17) is 9.97 Å². The standard InChI is InChI=1S/C22H18Br2N2/c1-21(2)15-9-11(23)5-7-13(15)17-19(21)25-18-14-8-6-12(24)10-16(14)22(3,4)20(18)26-17/h5-10H,1-4H3. The Labute approximate surface area is 170 Å². The van der Waals surface area contributed by atoms with Gasteiger partial charge in [-0.25, -0.2) is 9.97 Å². The van der Waals surface area contributed by atoms with E-state index in [0.29, 0.717) is 0 Å². The summed E-state index contributed by atoms with van der Waals surface area (Å²) in [6.07, 6.45) is 0. The van der Waals surface area contributed by atoms with Crippen molar-refractivity contribution < 1.29 is 0 Å². The molecule has 0 aliphatic heterocycles. The van der Waals surface area contributed by atoms with Gasteiger partial charge in [0.2, 0.25) is 0 Å². The molecule has 0 spiro atoms. The molecule has 5 rings (SSSR count). The molecular weight excluding hydrogens is 452 g/mol. The molecule has 0 bridgehead atoms. The van der Waals surface area contributed by atoms with Crippen LogP contribution in [0.25, 0.3) is 22.5 Å². The van der Waals surface area contributed by atoms with E-state index < -0.39 is 0 Å². The Bertz CT molecular complexity index is 1020. The van der Waals surface area contributed by atoms with Crippen molar-refractivity contribution in [2.45, 2.75) is 38.5 Å². The molecule has 0 saturated heterocycles. The van der Waals surface area contributed by atoms with Crippen molar-refractivity contribution >= 4 is 31.9 Å². The molecule has 3 aromatic rings. The maximum Gasteiger partial charge on any atom is 0.0933 e. The topological polar surface area (TPSA) is 25.8 Å². The van der Waals surface area contributed by atoms with E-state index in [1.54, 1.807) is 0 Å². The summed E-state index contributed by atoms with van der Waals surface area (Å²) in [6, 6.07) is 12.9. The van der Waals surface area contributed by atoms with Crippen LogP contribution >= 0.6 is 31.9 Å². The second-order valence-electron chi connectivity index (χ2n) is 8.25. The molecule has 0 N–H and O–H groups in total. The Morgan fingerprint density at radius 2 is 1.04 bits per heavy atom. The summed E-state index contributed by atoms with van der Waals surface area (Å²) in [6.45, 7) is 8.98. The molecule has 0 atom stereocenters. The van der Waals surface area contributed by atoms with E-state index in [-0.39, 0.29) is 10.8 Å². The zero-order chi connectivity index (χ0) is 18.4. The molecule has 0 unspecified atom stereocenters. The van der Waals surface area contributed by atoms with Gasteiger partial charge in [0.05, 0.1) is 22.8 Å². The van der Waals surface area contributed by atoms with E-state index in [9.17, 15) is 0 Å². The molecular formula is C22H18Br2N2. The Balaban J connectivity index is 1.84. The average Bonchev–Trinajstić information content (AvgIpc) is 2.93. The van der Waals surface area contributed by atoms with E-state index in [2.05, 4.69) is 96.0 Å². The summed E-state index contributed by atoms with van der Waals surface area (Å²) in [5, 5.41) is 0. The lowest BCUT2D eigenvalue weighted by atomic mass is 9.85. The molecule has 2 nitrogen and oxygen atoms in total. The molecule has 0 amide bonds. The monoisotopic (exact) mass is 468 g/mol. The zero-order valence-corrected chi connectivity index (χ0v) is 18.3. The molecule has 1 heterocycles. The first-order chi connectivity index (χ1) is 12.2. The fraction of sp³-hybridized carbons (Fsp3) is 0.273. The number of nitrogens with zero attached hydrogens (tertiary/aromatic N) is 2. The van der Waals surface area contributed by atoms with Crippen molar-refractivity contribution in [3.63, 3.8) is 0 Å². The first kappa shape index (κ1) is 16.6. The Kier molecular flexibility index (Phi) is 3.23. The van der Waals surface area contributed by atoms with Crippen LogP contribution in [0.5, 0.6) is 0 Å². The van der Waals surface area contributed by atoms with Gasteiger partial charge in [-0.05, 0) is 35.4 Å². The van der Waals surface area contributed by atoms with Gasteiger partial charge >= 0.3 is 0 Å². The summed E-state index contributed by atoms with van der Waals surface area (Å²) < 4.78 is 2.19. The second-order valence-corrected chi connectivity index (χ2v) is 10.1. The highest BCUT2D eigenvalue weighted by Gasteiger charge is 2.44. The summed E-state index contributed by atoms with van der Waals surface area (Å²) in [5.41, 5.74) is 8.92. The maximum absolute atomic E-state index is 5.20. The average molecular weight is 470 g/mol. The summed E-state index contributed by atoms with van der Waals surface area (Å²) >= 11 is 7.23. The van der Waals surface area contributed by atoms with Crippen LogP contribution in [0.3, 0.4) is 0 Å². The highest BCUT2D eigenvalue weighted by Crippen LogP contribution is 2.53. The molecule has 130 valence electrons. The normalized spacial score (nSPS) is 17.5. The van der Waals surface area contributed by atoms with Gasteiger partial charge in [-0.3, -0.25) is 0 Å². The van der Waals surface area contributed by atoms with E-state index >= 15 is 0 Å². The third-order valence-corrected chi connectivity index (χ3v) is 6.89. The summed E-state index contributed by atoms with van der Waals surface area (Å²) in [5.74, 6) is 0. The summed E-state index contributed by atoms with van der Waals surface area (Å²) in [7, 11) is 0. The first-order valence-electron chi connectivity index (χ1n) is 8.75. The van der Waals surface area contributed by atoms with Crippen LogP contribution < -0.4 is 0 Å². The number of fused-ring (bicyclic) bond motifs is 6. The Morgan fingerprint density at radius 3 is 1.42 bits per heavy atom. The van der Waals surface area contributed by atoms with Crippen LogP contribution in [-0.4, -0.2) is 9.97 Å². The molecule has 2 aliphatic rings. The molecule has 26 heavy (non-hydrogen) atoms. The quantitative estimate of drug-likeness (QED) is 0.370. The minimum absolute atomic E-state index is 0.154. The van der Waals surface area contributed by atoms with E-state index in [0.717, 1.165) is 31.7 Å². The van der Waals surface area contributed by atoms with Crippen molar-refractivity contribution in [2.75, 3.05) is 0 Å². The minimum Gasteiger partial charge on any atom is -0.248 e. The lowest BCUT2D eigenvalue weighted by Crippen LogP contribution is -2.20. The largest absolute Gasteiger partial charge is 0.248 e. The highest BCUT2D eigenvalue weighted by atomic mass is 79.9. The molecule has 0 saturated carbocycles. The van der Waals surface area contributed by atoms with Crippen LogP contribution in [0, 0.1) is 0 Å². The third kappa shape index (κ3) is 1.97. The van der Waals surface area contributed by atoms with Crippen LogP contribution in [0.1, 0.15) is 50.2 Å². The zero-order valence-electron chi connectivity index (χ0n) is 15.1. The Hall–Kier alpha value is -1.52. The van der Waals surface area contributed by atoms with Crippen molar-refractivity contribution in [3.8, 4) is 22.5 Å². The van der Waals surface area contributed by atoms with Crippen molar-refractivity contribution in [3.05, 3.63) is 67.9 Å². The first-order valence-corrected chi connectivity index (χ1v) is 10.3. The predicted octanol–water partition coefficient (Wildman–Crippen LogP) is 6.61. The third-order valence-electron chi connectivity index (χ3n) is 5.90. The minimum atomic E-state index is -0.154. The van der Waals surface area contributed by atoms with Gasteiger partial charge in [0.25, 0.3) is 0 Å². The number of hydrogen-bond donors (Lipinski definition) is 0.